The molecule has 4 nitrogen and oxygen atoms in total. The maximum atomic E-state index is 13.2. The van der Waals surface area contributed by atoms with Crippen LogP contribution in [0.15, 0.2) is 65.7 Å². The van der Waals surface area contributed by atoms with Crippen LogP contribution in [0.4, 0.5) is 11.4 Å². The Balaban J connectivity index is 1.79. The van der Waals surface area contributed by atoms with Crippen LogP contribution in [0.25, 0.3) is 5.57 Å². The van der Waals surface area contributed by atoms with Crippen LogP contribution in [0, 0.1) is 13.8 Å². The topological polar surface area (TPSA) is 49.4 Å². The number of amides is 2. The molecule has 6 heteroatoms. The van der Waals surface area contributed by atoms with Crippen LogP contribution in [0.3, 0.4) is 0 Å². The number of carbonyl (C=O) groups is 2. The monoisotopic (exact) mass is 408 g/mol. The highest BCUT2D eigenvalue weighted by Crippen LogP contribution is 2.36. The minimum absolute atomic E-state index is 0.257. The van der Waals surface area contributed by atoms with Gasteiger partial charge in [0, 0.05) is 15.6 Å². The van der Waals surface area contributed by atoms with Crippen LogP contribution in [-0.2, 0) is 9.59 Å². The van der Waals surface area contributed by atoms with E-state index in [4.69, 9.17) is 11.6 Å². The van der Waals surface area contributed by atoms with Gasteiger partial charge in [-0.1, -0.05) is 41.4 Å². The fourth-order valence-electron chi connectivity index (χ4n) is 3.04. The molecule has 0 fully saturated rings. The lowest BCUT2D eigenvalue weighted by Gasteiger charge is -2.15. The minimum atomic E-state index is -0.381. The molecule has 3 aromatic rings. The number of carbonyl (C=O) groups excluding carboxylic acids is 2. The number of nitrogens with zero attached hydrogens (tertiary/aromatic N) is 1. The van der Waals surface area contributed by atoms with E-state index in [1.54, 1.807) is 18.2 Å². The minimum Gasteiger partial charge on any atom is -0.350 e. The van der Waals surface area contributed by atoms with Gasteiger partial charge in [0.05, 0.1) is 11.3 Å². The zero-order valence-electron chi connectivity index (χ0n) is 15.3. The lowest BCUT2D eigenvalue weighted by atomic mass is 10.1. The predicted molar refractivity (Wildman–Crippen MR) is 115 cm³/mol. The van der Waals surface area contributed by atoms with Crippen molar-refractivity contribution in [3.63, 3.8) is 0 Å². The summed E-state index contributed by atoms with van der Waals surface area (Å²) in [6.45, 7) is 3.87. The maximum Gasteiger partial charge on any atom is 0.282 e. The summed E-state index contributed by atoms with van der Waals surface area (Å²) in [6.07, 6.45) is 0. The lowest BCUT2D eigenvalue weighted by Crippen LogP contribution is -2.32. The predicted octanol–water partition coefficient (Wildman–Crippen LogP) is 5.41. The van der Waals surface area contributed by atoms with Crippen LogP contribution >= 0.6 is 22.9 Å². The van der Waals surface area contributed by atoms with E-state index >= 15 is 0 Å². The van der Waals surface area contributed by atoms with E-state index in [0.717, 1.165) is 16.0 Å². The molecule has 28 heavy (non-hydrogen) atoms. The molecular weight excluding hydrogens is 392 g/mol. The van der Waals surface area contributed by atoms with Gasteiger partial charge in [0.25, 0.3) is 11.8 Å². The smallest absolute Gasteiger partial charge is 0.282 e. The van der Waals surface area contributed by atoms with Crippen molar-refractivity contribution < 1.29 is 9.59 Å². The Labute approximate surface area is 172 Å². The Hall–Kier alpha value is -2.89. The first-order valence-corrected chi connectivity index (χ1v) is 9.98. The fourth-order valence-corrected chi connectivity index (χ4v) is 3.99. The Morgan fingerprint density at radius 2 is 1.71 bits per heavy atom. The second-order valence-corrected chi connectivity index (χ2v) is 7.95. The van der Waals surface area contributed by atoms with E-state index in [1.165, 1.54) is 16.2 Å². The molecule has 0 bridgehead atoms. The van der Waals surface area contributed by atoms with Crippen molar-refractivity contribution in [3.8, 4) is 0 Å². The summed E-state index contributed by atoms with van der Waals surface area (Å²) in [4.78, 5) is 28.4. The van der Waals surface area contributed by atoms with Crippen LogP contribution < -0.4 is 10.2 Å². The Morgan fingerprint density at radius 3 is 2.36 bits per heavy atom. The van der Waals surface area contributed by atoms with Gasteiger partial charge in [-0.05, 0) is 55.1 Å². The van der Waals surface area contributed by atoms with Gasteiger partial charge in [-0.15, -0.1) is 11.3 Å². The first kappa shape index (κ1) is 18.5. The van der Waals surface area contributed by atoms with Gasteiger partial charge in [0.1, 0.15) is 5.70 Å². The second-order valence-electron chi connectivity index (χ2n) is 6.60. The zero-order valence-corrected chi connectivity index (χ0v) is 16.9. The standard InChI is InChI=1S/C22H17ClN2O2S/c1-13-5-9-16(10-6-13)25-21(26)19(18-4-3-11-28-18)20(22(25)27)24-15-8-7-14(2)17(23)12-15/h3-12,24H,1-2H3. The summed E-state index contributed by atoms with van der Waals surface area (Å²) in [5.41, 5.74) is 3.84. The molecule has 4 rings (SSSR count). The Kier molecular flexibility index (Phi) is 4.79. The van der Waals surface area contributed by atoms with Gasteiger partial charge in [0.15, 0.2) is 0 Å². The normalized spacial score (nSPS) is 14.2. The molecule has 0 saturated carbocycles. The number of halogens is 1. The van der Waals surface area contributed by atoms with Crippen molar-refractivity contribution in [2.45, 2.75) is 13.8 Å². The van der Waals surface area contributed by atoms with Crippen molar-refractivity contribution >= 4 is 51.7 Å². The number of aryl methyl sites for hydroxylation is 2. The van der Waals surface area contributed by atoms with E-state index in [-0.39, 0.29) is 17.5 Å². The molecule has 1 aliphatic heterocycles. The second kappa shape index (κ2) is 7.26. The molecule has 0 atom stereocenters. The number of hydrogen-bond acceptors (Lipinski definition) is 4. The summed E-state index contributed by atoms with van der Waals surface area (Å²) in [6, 6.07) is 16.5. The highest BCUT2D eigenvalue weighted by atomic mass is 35.5. The third-order valence-electron chi connectivity index (χ3n) is 4.58. The number of hydrogen-bond donors (Lipinski definition) is 1. The van der Waals surface area contributed by atoms with E-state index < -0.39 is 0 Å². The summed E-state index contributed by atoms with van der Waals surface area (Å²) in [5.74, 6) is -0.717. The van der Waals surface area contributed by atoms with Gasteiger partial charge < -0.3 is 5.32 Å². The lowest BCUT2D eigenvalue weighted by molar-refractivity contribution is -0.120. The highest BCUT2D eigenvalue weighted by molar-refractivity contribution is 7.11. The number of rotatable bonds is 4. The van der Waals surface area contributed by atoms with Crippen molar-refractivity contribution in [1.29, 1.82) is 0 Å². The van der Waals surface area contributed by atoms with E-state index in [2.05, 4.69) is 5.32 Å². The van der Waals surface area contributed by atoms with Crippen LogP contribution in [0.5, 0.6) is 0 Å². The molecule has 2 aromatic carbocycles. The number of nitrogens with one attached hydrogen (secondary N) is 1. The van der Waals surface area contributed by atoms with Crippen LogP contribution in [-0.4, -0.2) is 11.8 Å². The SMILES string of the molecule is Cc1ccc(N2C(=O)C(Nc3ccc(C)c(Cl)c3)=C(c3cccs3)C2=O)cc1. The van der Waals surface area contributed by atoms with Gasteiger partial charge in [-0.25, -0.2) is 4.90 Å². The summed E-state index contributed by atoms with van der Waals surface area (Å²) >= 11 is 7.65. The van der Waals surface area contributed by atoms with Crippen molar-refractivity contribution in [2.24, 2.45) is 0 Å². The first-order valence-electron chi connectivity index (χ1n) is 8.72. The molecule has 140 valence electrons. The van der Waals surface area contributed by atoms with Gasteiger partial charge in [0.2, 0.25) is 0 Å². The van der Waals surface area contributed by atoms with Crippen molar-refractivity contribution in [1.82, 2.24) is 0 Å². The molecule has 0 saturated heterocycles. The third-order valence-corrected chi connectivity index (χ3v) is 5.88. The molecule has 0 spiro atoms. The first-order chi connectivity index (χ1) is 13.5. The fraction of sp³-hybridized carbons (Fsp3) is 0.0909. The molecule has 0 aliphatic carbocycles. The van der Waals surface area contributed by atoms with Gasteiger partial charge in [-0.2, -0.15) is 0 Å². The molecule has 1 aliphatic rings. The Bertz CT molecular complexity index is 1100. The van der Waals surface area contributed by atoms with Gasteiger partial charge in [-0.3, -0.25) is 9.59 Å². The summed E-state index contributed by atoms with van der Waals surface area (Å²) < 4.78 is 0. The molecular formula is C22H17ClN2O2S. The van der Waals surface area contributed by atoms with Gasteiger partial charge >= 0.3 is 0 Å². The Morgan fingerprint density at radius 1 is 0.964 bits per heavy atom. The number of thiophene rings is 1. The quantitative estimate of drug-likeness (QED) is 0.587. The molecule has 2 heterocycles. The van der Waals surface area contributed by atoms with Crippen molar-refractivity contribution in [3.05, 3.63) is 86.7 Å². The summed E-state index contributed by atoms with van der Waals surface area (Å²) in [7, 11) is 0. The number of benzene rings is 2. The molecule has 0 radical (unpaired) electrons. The summed E-state index contributed by atoms with van der Waals surface area (Å²) in [5, 5.41) is 5.61. The number of imide groups is 1. The molecule has 1 aromatic heterocycles. The maximum absolute atomic E-state index is 13.2. The van der Waals surface area contributed by atoms with Crippen molar-refractivity contribution in [2.75, 3.05) is 10.2 Å². The molecule has 2 amide bonds. The highest BCUT2D eigenvalue weighted by Gasteiger charge is 2.40. The van der Waals surface area contributed by atoms with Crippen LogP contribution in [0.2, 0.25) is 5.02 Å². The van der Waals surface area contributed by atoms with Crippen LogP contribution in [0.1, 0.15) is 16.0 Å². The molecule has 0 unspecified atom stereocenters. The average Bonchev–Trinajstić information content (AvgIpc) is 3.27. The average molecular weight is 409 g/mol. The number of anilines is 2. The zero-order chi connectivity index (χ0) is 19.8. The molecule has 1 N–H and O–H groups in total. The largest absolute Gasteiger partial charge is 0.350 e. The van der Waals surface area contributed by atoms with E-state index in [9.17, 15) is 9.59 Å². The van der Waals surface area contributed by atoms with E-state index in [0.29, 0.717) is 22.0 Å². The van der Waals surface area contributed by atoms with E-state index in [1.807, 2.05) is 55.6 Å². The third kappa shape index (κ3) is 3.23.